The fourth-order valence-corrected chi connectivity index (χ4v) is 5.52. The predicted molar refractivity (Wildman–Crippen MR) is 139 cm³/mol. The summed E-state index contributed by atoms with van der Waals surface area (Å²) in [4.78, 5) is 9.89. The third-order valence-electron chi connectivity index (χ3n) is 7.70. The summed E-state index contributed by atoms with van der Waals surface area (Å²) in [6, 6.07) is 8.94. The van der Waals surface area contributed by atoms with Crippen LogP contribution in [-0.2, 0) is 13.6 Å². The molecule has 0 bridgehead atoms. The number of piperidine rings is 1. The molecule has 6 nitrogen and oxygen atoms in total. The average Bonchev–Trinajstić information content (AvgIpc) is 3.48. The number of nitrogens with one attached hydrogen (secondary N) is 1. The number of allylic oxidation sites excluding steroid dienone is 1. The van der Waals surface area contributed by atoms with Crippen molar-refractivity contribution < 1.29 is 0 Å². The zero-order valence-electron chi connectivity index (χ0n) is 20.4. The second-order valence-corrected chi connectivity index (χ2v) is 10.3. The zero-order chi connectivity index (χ0) is 22.9. The number of hydrogen-bond acceptors (Lipinski definition) is 5. The molecule has 6 heteroatoms. The van der Waals surface area contributed by atoms with Gasteiger partial charge in [-0.15, -0.1) is 0 Å². The molecule has 3 aliphatic rings. The van der Waals surface area contributed by atoms with Gasteiger partial charge in [-0.05, 0) is 93.4 Å². The van der Waals surface area contributed by atoms with Crippen LogP contribution in [0.1, 0.15) is 50.6 Å². The Morgan fingerprint density at radius 1 is 0.882 bits per heavy atom. The van der Waals surface area contributed by atoms with E-state index in [1.807, 2.05) is 12.4 Å². The van der Waals surface area contributed by atoms with Crippen molar-refractivity contribution in [3.05, 3.63) is 53.6 Å². The highest BCUT2D eigenvalue weighted by Gasteiger charge is 2.22. The molecule has 2 saturated heterocycles. The van der Waals surface area contributed by atoms with Gasteiger partial charge in [0.05, 0.1) is 11.9 Å². The number of pyridine rings is 1. The van der Waals surface area contributed by atoms with Gasteiger partial charge in [0.2, 0.25) is 0 Å². The van der Waals surface area contributed by atoms with Crippen molar-refractivity contribution in [3.63, 3.8) is 0 Å². The van der Waals surface area contributed by atoms with Crippen molar-refractivity contribution in [2.24, 2.45) is 7.05 Å². The first-order chi connectivity index (χ1) is 16.7. The highest BCUT2D eigenvalue weighted by atomic mass is 15.3. The summed E-state index contributed by atoms with van der Waals surface area (Å²) in [7, 11) is 2.07. The molecule has 34 heavy (non-hydrogen) atoms. The number of anilines is 1. The molecule has 2 aromatic heterocycles. The van der Waals surface area contributed by atoms with Crippen molar-refractivity contribution in [2.45, 2.75) is 51.5 Å². The van der Waals surface area contributed by atoms with Crippen LogP contribution in [-0.4, -0.2) is 57.3 Å². The molecular formula is C28H36N6. The van der Waals surface area contributed by atoms with Crippen molar-refractivity contribution in [3.8, 4) is 11.1 Å². The van der Waals surface area contributed by atoms with Crippen LogP contribution in [0.4, 0.5) is 5.82 Å². The number of rotatable bonds is 7. The largest absolute Gasteiger partial charge is 0.343 e. The van der Waals surface area contributed by atoms with Gasteiger partial charge < -0.3 is 5.32 Å². The molecule has 3 aromatic rings. The quantitative estimate of drug-likeness (QED) is 0.531. The number of fused-ring (bicyclic) bond motifs is 1. The number of hydrogen-bond donors (Lipinski definition) is 1. The third-order valence-corrected chi connectivity index (χ3v) is 7.70. The first-order valence-electron chi connectivity index (χ1n) is 13.1. The summed E-state index contributed by atoms with van der Waals surface area (Å²) in [5, 5.41) is 10.7. The Kier molecular flexibility index (Phi) is 6.10. The van der Waals surface area contributed by atoms with Gasteiger partial charge in [-0.3, -0.25) is 14.5 Å². The summed E-state index contributed by atoms with van der Waals surface area (Å²) in [6.45, 7) is 6.83. The van der Waals surface area contributed by atoms with Gasteiger partial charge in [-0.2, -0.15) is 5.10 Å². The van der Waals surface area contributed by atoms with Gasteiger partial charge in [-0.1, -0.05) is 18.6 Å². The minimum Gasteiger partial charge on any atom is -0.343 e. The van der Waals surface area contributed by atoms with Crippen molar-refractivity contribution in [1.82, 2.24) is 24.6 Å². The molecule has 1 aromatic carbocycles. The number of benzene rings is 1. The summed E-state index contributed by atoms with van der Waals surface area (Å²) in [5.41, 5.74) is 6.74. The van der Waals surface area contributed by atoms with Crippen molar-refractivity contribution in [2.75, 3.05) is 38.0 Å². The van der Waals surface area contributed by atoms with E-state index >= 15 is 0 Å². The van der Waals surface area contributed by atoms with Gasteiger partial charge in [0, 0.05) is 43.0 Å². The fourth-order valence-electron chi connectivity index (χ4n) is 5.52. The third kappa shape index (κ3) is 4.75. The Labute approximate surface area is 202 Å². The maximum atomic E-state index is 4.75. The van der Waals surface area contributed by atoms with Crippen LogP contribution in [0.2, 0.25) is 0 Å². The van der Waals surface area contributed by atoms with Crippen LogP contribution in [0.25, 0.3) is 21.9 Å². The van der Waals surface area contributed by atoms with Crippen LogP contribution >= 0.6 is 0 Å². The Balaban J connectivity index is 1.26. The second kappa shape index (κ2) is 9.51. The van der Waals surface area contributed by atoms with Gasteiger partial charge in [0.15, 0.2) is 0 Å². The minimum atomic E-state index is 0.956. The fraction of sp³-hybridized carbons (Fsp3) is 0.500. The van der Waals surface area contributed by atoms with Gasteiger partial charge in [0.25, 0.3) is 0 Å². The van der Waals surface area contributed by atoms with Crippen LogP contribution in [0.3, 0.4) is 0 Å². The highest BCUT2D eigenvalue weighted by molar-refractivity contribution is 5.88. The number of aryl methyl sites for hydroxylation is 1. The topological polar surface area (TPSA) is 49.2 Å². The molecule has 0 unspecified atom stereocenters. The minimum absolute atomic E-state index is 0.956. The first kappa shape index (κ1) is 21.8. The van der Waals surface area contributed by atoms with E-state index in [9.17, 15) is 0 Å². The maximum absolute atomic E-state index is 4.75. The standard InChI is InChI=1S/C28H36N6/c1-32-27(20-34-11-3-2-4-12-34)25(18-30-32)22-9-10-23-17-29-28(16-24(23)15-22)31-26(21-7-8-21)19-33-13-5-6-14-33/h9-10,15-18H,2-8,11-14,19-20H2,1H3,(H,29,31). The monoisotopic (exact) mass is 456 g/mol. The molecule has 1 saturated carbocycles. The smallest absolute Gasteiger partial charge is 0.130 e. The number of likely N-dealkylation sites (tertiary alicyclic amines) is 2. The lowest BCUT2D eigenvalue weighted by atomic mass is 10.0. The van der Waals surface area contributed by atoms with Crippen LogP contribution in [0.15, 0.2) is 47.9 Å². The van der Waals surface area contributed by atoms with Crippen molar-refractivity contribution in [1.29, 1.82) is 0 Å². The van der Waals surface area contributed by atoms with E-state index in [2.05, 4.69) is 56.2 Å². The van der Waals surface area contributed by atoms with Crippen LogP contribution in [0.5, 0.6) is 0 Å². The molecule has 0 spiro atoms. The van der Waals surface area contributed by atoms with Crippen LogP contribution < -0.4 is 5.32 Å². The lowest BCUT2D eigenvalue weighted by molar-refractivity contribution is 0.216. The predicted octanol–water partition coefficient (Wildman–Crippen LogP) is 5.18. The highest BCUT2D eigenvalue weighted by Crippen LogP contribution is 2.34. The molecule has 0 atom stereocenters. The molecular weight excluding hydrogens is 420 g/mol. The SMILES string of the molecule is Cn1ncc(-c2ccc3cnc(NC(CN4CCCC4)=C4CC4)cc3c2)c1CN1CCCCC1. The lowest BCUT2D eigenvalue weighted by Crippen LogP contribution is -2.30. The van der Waals surface area contributed by atoms with E-state index in [-0.39, 0.29) is 0 Å². The van der Waals surface area contributed by atoms with Gasteiger partial charge >= 0.3 is 0 Å². The average molecular weight is 457 g/mol. The second-order valence-electron chi connectivity index (χ2n) is 10.3. The zero-order valence-corrected chi connectivity index (χ0v) is 20.4. The molecule has 4 heterocycles. The van der Waals surface area contributed by atoms with E-state index in [0.717, 1.165) is 18.9 Å². The maximum Gasteiger partial charge on any atom is 0.130 e. The Morgan fingerprint density at radius 3 is 2.44 bits per heavy atom. The van der Waals surface area contributed by atoms with Crippen molar-refractivity contribution >= 4 is 16.6 Å². The molecule has 0 amide bonds. The molecule has 6 rings (SSSR count). The Hall–Kier alpha value is -2.70. The molecule has 1 aliphatic carbocycles. The van der Waals surface area contributed by atoms with Gasteiger partial charge in [0.1, 0.15) is 5.82 Å². The molecule has 1 N–H and O–H groups in total. The summed E-state index contributed by atoms with van der Waals surface area (Å²) < 4.78 is 2.06. The van der Waals surface area contributed by atoms with E-state index in [1.165, 1.54) is 104 Å². The van der Waals surface area contributed by atoms with E-state index < -0.39 is 0 Å². The Morgan fingerprint density at radius 2 is 1.65 bits per heavy atom. The first-order valence-corrected chi connectivity index (χ1v) is 13.1. The molecule has 2 aliphatic heterocycles. The van der Waals surface area contributed by atoms with E-state index in [1.54, 1.807) is 5.57 Å². The van der Waals surface area contributed by atoms with Crippen LogP contribution in [0, 0.1) is 0 Å². The summed E-state index contributed by atoms with van der Waals surface area (Å²) in [6.07, 6.45) is 13.1. The number of nitrogens with zero attached hydrogens (tertiary/aromatic N) is 5. The normalized spacial score (nSPS) is 19.1. The van der Waals surface area contributed by atoms with Gasteiger partial charge in [-0.25, -0.2) is 4.98 Å². The number of aromatic nitrogens is 3. The van der Waals surface area contributed by atoms with E-state index in [0.29, 0.717) is 0 Å². The molecule has 3 fully saturated rings. The molecule has 178 valence electrons. The summed E-state index contributed by atoms with van der Waals surface area (Å²) in [5.74, 6) is 0.956. The molecule has 0 radical (unpaired) electrons. The summed E-state index contributed by atoms with van der Waals surface area (Å²) >= 11 is 0. The lowest BCUT2D eigenvalue weighted by Gasteiger charge is -2.26. The van der Waals surface area contributed by atoms with E-state index in [4.69, 9.17) is 4.98 Å². The Bertz CT molecular complexity index is 1190.